The van der Waals surface area contributed by atoms with Crippen molar-refractivity contribution >= 4 is 44.6 Å². The number of hydrogen-bond acceptors (Lipinski definition) is 4. The van der Waals surface area contributed by atoms with Crippen LogP contribution in [0, 0.1) is 17.2 Å². The molecule has 4 atom stereocenters. The largest absolute Gasteiger partial charge is 0.384 e. The van der Waals surface area contributed by atoms with E-state index < -0.39 is 0 Å². The zero-order chi connectivity index (χ0) is 40.1. The molecule has 2 fully saturated rings. The van der Waals surface area contributed by atoms with E-state index >= 15 is 0 Å². The van der Waals surface area contributed by atoms with Crippen LogP contribution in [0.15, 0.2) is 130 Å². The molecule has 6 aromatic carbocycles. The normalized spacial score (nSPS) is 20.8. The van der Waals surface area contributed by atoms with E-state index in [0.717, 1.165) is 48.9 Å². The summed E-state index contributed by atoms with van der Waals surface area (Å²) >= 11 is 0. The lowest BCUT2D eigenvalue weighted by Crippen LogP contribution is -2.18. The standard InChI is InChI=1S/2C26H27N3/c1-15(2)25-24-13-20(6-3-16(24)9-10-29-25)23-14-22(23)19-7-4-18-12-21(26(27)28)8-5-17(18)11-19;1-16(2)25-23-14-20(9-8-18(23)11-12-28-25)22-15-24(22)29-26(27)21-10-7-17-5-3-4-6-19(17)13-21/h3-8,11-13,15,22-23H,9-10,14H2,1-2H3,(H3,27,28);3-10,13-14,16,22,24H,11-12,15H2,1-2H3,(H2,27,29)/t22-,23-;22-,24-/m11/s1. The molecule has 0 bridgehead atoms. The van der Waals surface area contributed by atoms with Gasteiger partial charge in [0.25, 0.3) is 0 Å². The van der Waals surface area contributed by atoms with Gasteiger partial charge in [0.15, 0.2) is 0 Å². The van der Waals surface area contributed by atoms with Crippen molar-refractivity contribution in [3.63, 3.8) is 0 Å². The average Bonchev–Trinajstić information content (AvgIpc) is 4.19. The summed E-state index contributed by atoms with van der Waals surface area (Å²) in [5.41, 5.74) is 26.2. The highest BCUT2D eigenvalue weighted by Gasteiger charge is 2.40. The fraction of sp³-hybridized carbons (Fsp3) is 0.308. The molecular formula is C52H54N6. The molecule has 6 aromatic rings. The number of nitrogens with one attached hydrogen (secondary N) is 1. The van der Waals surface area contributed by atoms with Crippen LogP contribution < -0.4 is 11.5 Å². The summed E-state index contributed by atoms with van der Waals surface area (Å²) in [5.74, 6) is 3.35. The summed E-state index contributed by atoms with van der Waals surface area (Å²) in [6.45, 7) is 10.8. The molecule has 292 valence electrons. The molecule has 0 saturated heterocycles. The summed E-state index contributed by atoms with van der Waals surface area (Å²) in [4.78, 5) is 14.5. The van der Waals surface area contributed by atoms with Gasteiger partial charge in [-0.1, -0.05) is 119 Å². The molecule has 0 unspecified atom stereocenters. The van der Waals surface area contributed by atoms with Gasteiger partial charge in [-0.05, 0) is 134 Å². The van der Waals surface area contributed by atoms with Crippen molar-refractivity contribution in [1.82, 2.24) is 0 Å². The van der Waals surface area contributed by atoms with Gasteiger partial charge in [-0.2, -0.15) is 0 Å². The predicted octanol–water partition coefficient (Wildman–Crippen LogP) is 10.5. The molecule has 6 heteroatoms. The Morgan fingerprint density at radius 1 is 0.569 bits per heavy atom. The van der Waals surface area contributed by atoms with Crippen LogP contribution in [-0.4, -0.2) is 42.2 Å². The Morgan fingerprint density at radius 3 is 1.71 bits per heavy atom. The van der Waals surface area contributed by atoms with E-state index in [0.29, 0.717) is 35.4 Å². The Balaban J connectivity index is 0.000000150. The minimum Gasteiger partial charge on any atom is -0.384 e. The number of fused-ring (bicyclic) bond motifs is 4. The number of hydrogen-bond donors (Lipinski definition) is 3. The third-order valence-electron chi connectivity index (χ3n) is 12.6. The molecule has 2 aliphatic carbocycles. The van der Waals surface area contributed by atoms with Gasteiger partial charge in [0, 0.05) is 41.6 Å². The number of amidine groups is 2. The Hall–Kier alpha value is -5.88. The molecule has 5 N–H and O–H groups in total. The van der Waals surface area contributed by atoms with Crippen molar-refractivity contribution in [2.75, 3.05) is 13.1 Å². The van der Waals surface area contributed by atoms with Crippen molar-refractivity contribution in [3.05, 3.63) is 165 Å². The topological polar surface area (TPSA) is 113 Å². The van der Waals surface area contributed by atoms with Gasteiger partial charge in [-0.25, -0.2) is 0 Å². The Kier molecular flexibility index (Phi) is 10.0. The third kappa shape index (κ3) is 7.60. The van der Waals surface area contributed by atoms with Crippen molar-refractivity contribution in [3.8, 4) is 0 Å². The zero-order valence-corrected chi connectivity index (χ0v) is 34.2. The monoisotopic (exact) mass is 762 g/mol. The molecule has 10 rings (SSSR count). The predicted molar refractivity (Wildman–Crippen MR) is 244 cm³/mol. The highest BCUT2D eigenvalue weighted by atomic mass is 14.9. The van der Waals surface area contributed by atoms with Gasteiger partial charge in [0.05, 0.1) is 6.04 Å². The number of aliphatic imine (C=N–C) groups is 3. The van der Waals surface area contributed by atoms with Crippen LogP contribution in [-0.2, 0) is 12.8 Å². The highest BCUT2D eigenvalue weighted by molar-refractivity contribution is 6.05. The van der Waals surface area contributed by atoms with E-state index in [1.54, 1.807) is 0 Å². The molecule has 0 amide bonds. The lowest BCUT2D eigenvalue weighted by molar-refractivity contribution is 0.837. The molecule has 0 radical (unpaired) electrons. The van der Waals surface area contributed by atoms with Gasteiger partial charge in [-0.15, -0.1) is 0 Å². The summed E-state index contributed by atoms with van der Waals surface area (Å²) in [6.07, 6.45) is 4.39. The quantitative estimate of drug-likeness (QED) is 0.106. The second kappa shape index (κ2) is 15.5. The first-order valence-electron chi connectivity index (χ1n) is 21.2. The number of nitrogen functional groups attached to an aromatic ring is 1. The van der Waals surface area contributed by atoms with E-state index in [9.17, 15) is 0 Å². The number of benzene rings is 6. The lowest BCUT2D eigenvalue weighted by atomic mass is 9.89. The summed E-state index contributed by atoms with van der Waals surface area (Å²) in [6, 6.07) is 41.7. The van der Waals surface area contributed by atoms with E-state index in [1.165, 1.54) is 72.9 Å². The van der Waals surface area contributed by atoms with E-state index in [1.807, 2.05) is 12.1 Å². The van der Waals surface area contributed by atoms with Crippen molar-refractivity contribution < 1.29 is 0 Å². The maximum Gasteiger partial charge on any atom is 0.125 e. The second-order valence-electron chi connectivity index (χ2n) is 17.3. The van der Waals surface area contributed by atoms with Crippen LogP contribution in [0.5, 0.6) is 0 Å². The second-order valence-corrected chi connectivity index (χ2v) is 17.3. The van der Waals surface area contributed by atoms with Crippen LogP contribution in [0.1, 0.15) is 108 Å². The maximum absolute atomic E-state index is 7.63. The molecular weight excluding hydrogens is 709 g/mol. The third-order valence-corrected chi connectivity index (χ3v) is 12.6. The van der Waals surface area contributed by atoms with Crippen molar-refractivity contribution in [2.45, 2.75) is 77.2 Å². The summed E-state index contributed by atoms with van der Waals surface area (Å²) in [7, 11) is 0. The van der Waals surface area contributed by atoms with Crippen LogP contribution in [0.3, 0.4) is 0 Å². The van der Waals surface area contributed by atoms with Crippen LogP contribution in [0.25, 0.3) is 21.5 Å². The number of nitrogens with zero attached hydrogens (tertiary/aromatic N) is 3. The Labute approximate surface area is 342 Å². The molecule has 58 heavy (non-hydrogen) atoms. The van der Waals surface area contributed by atoms with Crippen LogP contribution >= 0.6 is 0 Å². The zero-order valence-electron chi connectivity index (χ0n) is 34.2. The molecule has 2 saturated carbocycles. The first-order valence-corrected chi connectivity index (χ1v) is 21.2. The van der Waals surface area contributed by atoms with Gasteiger partial charge in [-0.3, -0.25) is 20.4 Å². The van der Waals surface area contributed by atoms with Gasteiger partial charge in [0.1, 0.15) is 11.7 Å². The van der Waals surface area contributed by atoms with Crippen LogP contribution in [0.4, 0.5) is 0 Å². The smallest absolute Gasteiger partial charge is 0.125 e. The van der Waals surface area contributed by atoms with Gasteiger partial charge < -0.3 is 11.5 Å². The maximum atomic E-state index is 7.63. The van der Waals surface area contributed by atoms with Gasteiger partial charge in [0.2, 0.25) is 0 Å². The summed E-state index contributed by atoms with van der Waals surface area (Å²) < 4.78 is 0. The van der Waals surface area contributed by atoms with Crippen LogP contribution in [0.2, 0.25) is 0 Å². The number of nitrogens with two attached hydrogens (primary N) is 2. The van der Waals surface area contributed by atoms with Crippen molar-refractivity contribution in [2.24, 2.45) is 38.3 Å². The molecule has 2 aliphatic heterocycles. The van der Waals surface area contributed by atoms with Crippen molar-refractivity contribution in [1.29, 1.82) is 5.41 Å². The lowest BCUT2D eigenvalue weighted by Gasteiger charge is -2.20. The molecule has 2 heterocycles. The van der Waals surface area contributed by atoms with Gasteiger partial charge >= 0.3 is 0 Å². The molecule has 4 aliphatic rings. The average molecular weight is 763 g/mol. The van der Waals surface area contributed by atoms with E-state index in [4.69, 9.17) is 31.9 Å². The fourth-order valence-electron chi connectivity index (χ4n) is 9.19. The molecule has 6 nitrogen and oxygen atoms in total. The fourth-order valence-corrected chi connectivity index (χ4v) is 9.19. The first kappa shape index (κ1) is 37.7. The highest BCUT2D eigenvalue weighted by Crippen LogP contribution is 2.55. The minimum atomic E-state index is 0.120. The number of rotatable bonds is 8. The minimum absolute atomic E-state index is 0.120. The molecule has 0 aromatic heterocycles. The summed E-state index contributed by atoms with van der Waals surface area (Å²) in [5, 5.41) is 12.4. The first-order chi connectivity index (χ1) is 28.1. The molecule has 0 spiro atoms. The Morgan fingerprint density at radius 2 is 1.07 bits per heavy atom. The SMILES string of the molecule is CC(C)C1=NCCc2ccc([C@H]3C[C@@H]3c3ccc4cc(C(=N)N)ccc4c3)cc21.CC(C)C1=NCCc2ccc([C@H]3C[C@H]3N=C(N)c3ccc4ccccc4c3)cc21. The Bertz CT molecular complexity index is 2660. The van der Waals surface area contributed by atoms with E-state index in [2.05, 4.69) is 131 Å². The van der Waals surface area contributed by atoms with E-state index in [-0.39, 0.29) is 11.9 Å².